The number of rotatable bonds is 2. The molecule has 0 radical (unpaired) electrons. The highest BCUT2D eigenvalue weighted by Gasteiger charge is 2.51. The van der Waals surface area contributed by atoms with Gasteiger partial charge in [0, 0.05) is 19.3 Å². The van der Waals surface area contributed by atoms with Crippen LogP contribution in [-0.4, -0.2) is 14.5 Å². The average molecular weight is 207 g/mol. The predicted molar refractivity (Wildman–Crippen MR) is 45.3 cm³/mol. The Hall–Kier alpha value is -0.280. The third-order valence-corrected chi connectivity index (χ3v) is 2.88. The summed E-state index contributed by atoms with van der Waals surface area (Å²) in [6, 6.07) is 0. The summed E-state index contributed by atoms with van der Waals surface area (Å²) in [5, 5.41) is 3.76. The quantitative estimate of drug-likeness (QED) is 0.697. The summed E-state index contributed by atoms with van der Waals surface area (Å²) in [4.78, 5) is 4.06. The van der Waals surface area contributed by atoms with E-state index < -0.39 is 4.33 Å². The molecule has 0 spiro atoms. The highest BCUT2D eigenvalue weighted by molar-refractivity contribution is 6.50. The van der Waals surface area contributed by atoms with E-state index in [1.54, 1.807) is 6.92 Å². The van der Waals surface area contributed by atoms with Crippen LogP contribution in [0.25, 0.3) is 0 Å². The van der Waals surface area contributed by atoms with Gasteiger partial charge in [-0.05, 0) is 6.42 Å². The molecule has 66 valence electrons. The standard InChI is InChI=1S/C7H8Cl2N2O/c1-4-10-6(11-12-4)2-5-3-7(5,8)9/h5H,2-3H2,1H3. The fourth-order valence-corrected chi connectivity index (χ4v) is 1.66. The van der Waals surface area contributed by atoms with Crippen LogP contribution in [0, 0.1) is 12.8 Å². The molecule has 0 N–H and O–H groups in total. The Bertz CT molecular complexity index is 297. The lowest BCUT2D eigenvalue weighted by atomic mass is 10.3. The van der Waals surface area contributed by atoms with Gasteiger partial charge in [-0.3, -0.25) is 0 Å². The minimum absolute atomic E-state index is 0.290. The lowest BCUT2D eigenvalue weighted by Crippen LogP contribution is -1.96. The van der Waals surface area contributed by atoms with Crippen molar-refractivity contribution in [3.05, 3.63) is 11.7 Å². The van der Waals surface area contributed by atoms with Crippen molar-refractivity contribution in [1.29, 1.82) is 0 Å². The Balaban J connectivity index is 1.97. The average Bonchev–Trinajstić information content (AvgIpc) is 2.41. The molecule has 1 fully saturated rings. The van der Waals surface area contributed by atoms with E-state index in [0.29, 0.717) is 18.1 Å². The van der Waals surface area contributed by atoms with Crippen molar-refractivity contribution in [1.82, 2.24) is 10.1 Å². The number of halogens is 2. The molecule has 1 aliphatic carbocycles. The van der Waals surface area contributed by atoms with E-state index in [0.717, 1.165) is 6.42 Å². The van der Waals surface area contributed by atoms with E-state index in [2.05, 4.69) is 10.1 Å². The van der Waals surface area contributed by atoms with Crippen molar-refractivity contribution >= 4 is 23.2 Å². The molecule has 1 aromatic heterocycles. The van der Waals surface area contributed by atoms with Crippen LogP contribution >= 0.6 is 23.2 Å². The van der Waals surface area contributed by atoms with Crippen LogP contribution in [0.3, 0.4) is 0 Å². The van der Waals surface area contributed by atoms with Gasteiger partial charge < -0.3 is 4.52 Å². The van der Waals surface area contributed by atoms with Gasteiger partial charge in [-0.1, -0.05) is 5.16 Å². The van der Waals surface area contributed by atoms with E-state index in [-0.39, 0.29) is 5.92 Å². The van der Waals surface area contributed by atoms with Crippen molar-refractivity contribution in [2.75, 3.05) is 0 Å². The first-order valence-corrected chi connectivity index (χ1v) is 4.50. The SMILES string of the molecule is Cc1nc(CC2CC2(Cl)Cl)no1. The maximum absolute atomic E-state index is 5.84. The maximum Gasteiger partial charge on any atom is 0.223 e. The lowest BCUT2D eigenvalue weighted by Gasteiger charge is -1.93. The van der Waals surface area contributed by atoms with Gasteiger partial charge in [0.15, 0.2) is 5.82 Å². The molecule has 2 rings (SSSR count). The molecule has 0 saturated heterocycles. The molecule has 0 amide bonds. The van der Waals surface area contributed by atoms with Crippen LogP contribution in [0.4, 0.5) is 0 Å². The first-order chi connectivity index (χ1) is 5.58. The fourth-order valence-electron chi connectivity index (χ4n) is 1.14. The second-order valence-corrected chi connectivity index (χ2v) is 4.64. The van der Waals surface area contributed by atoms with Crippen LogP contribution in [0.1, 0.15) is 18.1 Å². The number of hydrogen-bond acceptors (Lipinski definition) is 3. The molecule has 0 aromatic carbocycles. The molecule has 1 heterocycles. The highest BCUT2D eigenvalue weighted by Crippen LogP contribution is 2.54. The van der Waals surface area contributed by atoms with Crippen molar-refractivity contribution < 1.29 is 4.52 Å². The van der Waals surface area contributed by atoms with Gasteiger partial charge in [0.25, 0.3) is 0 Å². The van der Waals surface area contributed by atoms with Crippen LogP contribution in [0.5, 0.6) is 0 Å². The second kappa shape index (κ2) is 2.60. The Morgan fingerprint density at radius 2 is 2.33 bits per heavy atom. The summed E-state index contributed by atoms with van der Waals surface area (Å²) < 4.78 is 4.27. The van der Waals surface area contributed by atoms with Gasteiger partial charge in [-0.2, -0.15) is 4.98 Å². The Labute approximate surface area is 80.0 Å². The summed E-state index contributed by atoms with van der Waals surface area (Å²) in [5.74, 6) is 1.57. The molecule has 3 nitrogen and oxygen atoms in total. The normalized spacial score (nSPS) is 25.8. The van der Waals surface area contributed by atoms with Gasteiger partial charge in [0.2, 0.25) is 5.89 Å². The van der Waals surface area contributed by atoms with Gasteiger partial charge in [-0.25, -0.2) is 0 Å². The summed E-state index contributed by atoms with van der Waals surface area (Å²) in [5.41, 5.74) is 0. The molecule has 1 aromatic rings. The molecule has 1 saturated carbocycles. The molecule has 0 bridgehead atoms. The molecule has 1 aliphatic rings. The first kappa shape index (κ1) is 8.32. The second-order valence-electron chi connectivity index (χ2n) is 3.10. The lowest BCUT2D eigenvalue weighted by molar-refractivity contribution is 0.386. The molecule has 5 heteroatoms. The molecular formula is C7H8Cl2N2O. The zero-order valence-electron chi connectivity index (χ0n) is 6.55. The van der Waals surface area contributed by atoms with E-state index in [1.165, 1.54) is 0 Å². The van der Waals surface area contributed by atoms with Crippen LogP contribution in [-0.2, 0) is 6.42 Å². The van der Waals surface area contributed by atoms with E-state index in [9.17, 15) is 0 Å². The van der Waals surface area contributed by atoms with Gasteiger partial charge >= 0.3 is 0 Å². The third-order valence-electron chi connectivity index (χ3n) is 1.95. The first-order valence-electron chi connectivity index (χ1n) is 3.75. The smallest absolute Gasteiger partial charge is 0.223 e. The van der Waals surface area contributed by atoms with E-state index in [1.807, 2.05) is 0 Å². The number of hydrogen-bond donors (Lipinski definition) is 0. The zero-order valence-corrected chi connectivity index (χ0v) is 8.06. The van der Waals surface area contributed by atoms with Crippen molar-refractivity contribution in [2.45, 2.75) is 24.1 Å². The Kier molecular flexibility index (Phi) is 1.81. The Morgan fingerprint density at radius 1 is 1.67 bits per heavy atom. The van der Waals surface area contributed by atoms with Gasteiger partial charge in [0.1, 0.15) is 4.33 Å². The molecule has 1 atom stereocenters. The third kappa shape index (κ3) is 1.57. The van der Waals surface area contributed by atoms with Crippen LogP contribution in [0.2, 0.25) is 0 Å². The van der Waals surface area contributed by atoms with Gasteiger partial charge in [-0.15, -0.1) is 23.2 Å². The number of aryl methyl sites for hydroxylation is 1. The molecular weight excluding hydrogens is 199 g/mol. The van der Waals surface area contributed by atoms with Crippen LogP contribution in [0.15, 0.2) is 4.52 Å². The number of nitrogens with zero attached hydrogens (tertiary/aromatic N) is 2. The molecule has 0 aliphatic heterocycles. The zero-order chi connectivity index (χ0) is 8.77. The largest absolute Gasteiger partial charge is 0.340 e. The Morgan fingerprint density at radius 3 is 2.75 bits per heavy atom. The molecule has 1 unspecified atom stereocenters. The topological polar surface area (TPSA) is 38.9 Å². The highest BCUT2D eigenvalue weighted by atomic mass is 35.5. The maximum atomic E-state index is 5.84. The predicted octanol–water partition coefficient (Wildman–Crippen LogP) is 2.11. The number of alkyl halides is 2. The van der Waals surface area contributed by atoms with E-state index >= 15 is 0 Å². The van der Waals surface area contributed by atoms with Crippen molar-refractivity contribution in [3.8, 4) is 0 Å². The fraction of sp³-hybridized carbons (Fsp3) is 0.714. The summed E-state index contributed by atoms with van der Waals surface area (Å²) in [6.45, 7) is 1.76. The number of aromatic nitrogens is 2. The summed E-state index contributed by atoms with van der Waals surface area (Å²) in [6.07, 6.45) is 1.54. The van der Waals surface area contributed by atoms with Crippen molar-refractivity contribution in [2.24, 2.45) is 5.92 Å². The summed E-state index contributed by atoms with van der Waals surface area (Å²) in [7, 11) is 0. The minimum Gasteiger partial charge on any atom is -0.340 e. The molecule has 12 heavy (non-hydrogen) atoms. The van der Waals surface area contributed by atoms with E-state index in [4.69, 9.17) is 27.7 Å². The minimum atomic E-state index is -0.547. The monoisotopic (exact) mass is 206 g/mol. The van der Waals surface area contributed by atoms with Gasteiger partial charge in [0.05, 0.1) is 0 Å². The van der Waals surface area contributed by atoms with Crippen LogP contribution < -0.4 is 0 Å². The summed E-state index contributed by atoms with van der Waals surface area (Å²) >= 11 is 11.7. The van der Waals surface area contributed by atoms with Crippen molar-refractivity contribution in [3.63, 3.8) is 0 Å².